The molecule has 0 spiro atoms. The number of hydrogen-bond acceptors (Lipinski definition) is 6. The summed E-state index contributed by atoms with van der Waals surface area (Å²) in [5.41, 5.74) is -0.739. The molecule has 1 unspecified atom stereocenters. The SMILES string of the molecule is CN(C(=O)c1c(O)c2ccccc2n(Cc2ccccc2)c1=O)C(C(=O)O)c1cc(=O)oc2cc(I)ccc12. The van der Waals surface area contributed by atoms with Crippen LogP contribution in [0.15, 0.2) is 92.9 Å². The lowest BCUT2D eigenvalue weighted by Crippen LogP contribution is -2.40. The number of aliphatic carboxylic acids is 1. The van der Waals surface area contributed by atoms with Crippen LogP contribution < -0.4 is 11.2 Å². The maximum Gasteiger partial charge on any atom is 0.336 e. The number of pyridine rings is 1. The third-order valence-electron chi connectivity index (χ3n) is 6.52. The van der Waals surface area contributed by atoms with Crippen molar-refractivity contribution in [1.82, 2.24) is 9.47 Å². The molecule has 10 heteroatoms. The van der Waals surface area contributed by atoms with E-state index in [1.54, 1.807) is 42.5 Å². The molecule has 2 aromatic heterocycles. The van der Waals surface area contributed by atoms with Crippen molar-refractivity contribution in [2.45, 2.75) is 12.6 Å². The summed E-state index contributed by atoms with van der Waals surface area (Å²) in [4.78, 5) is 53.2. The molecule has 3 aromatic carbocycles. The molecule has 2 heterocycles. The first-order chi connectivity index (χ1) is 18.7. The van der Waals surface area contributed by atoms with Gasteiger partial charge in [0.15, 0.2) is 6.04 Å². The number of aromatic hydroxyl groups is 1. The summed E-state index contributed by atoms with van der Waals surface area (Å²) in [6, 6.07) is 20.0. The van der Waals surface area contributed by atoms with E-state index < -0.39 is 40.4 Å². The summed E-state index contributed by atoms with van der Waals surface area (Å²) in [5.74, 6) is -2.99. The number of halogens is 1. The van der Waals surface area contributed by atoms with Crippen LogP contribution in [0.5, 0.6) is 5.75 Å². The van der Waals surface area contributed by atoms with Crippen molar-refractivity contribution >= 4 is 56.3 Å². The Labute approximate surface area is 234 Å². The van der Waals surface area contributed by atoms with Crippen molar-refractivity contribution in [2.24, 2.45) is 0 Å². The molecule has 1 atom stereocenters. The molecule has 0 aliphatic rings. The van der Waals surface area contributed by atoms with Gasteiger partial charge in [-0.1, -0.05) is 42.5 Å². The van der Waals surface area contributed by atoms with Crippen LogP contribution in [-0.2, 0) is 11.3 Å². The van der Waals surface area contributed by atoms with Crippen LogP contribution in [0.4, 0.5) is 0 Å². The van der Waals surface area contributed by atoms with Crippen molar-refractivity contribution in [3.63, 3.8) is 0 Å². The lowest BCUT2D eigenvalue weighted by atomic mass is 10.0. The fraction of sp³-hybridized carbons (Fsp3) is 0.103. The van der Waals surface area contributed by atoms with Gasteiger partial charge in [-0.05, 0) is 58.5 Å². The molecule has 5 rings (SSSR count). The number of amides is 1. The minimum atomic E-state index is -1.66. The fourth-order valence-corrected chi connectivity index (χ4v) is 5.16. The lowest BCUT2D eigenvalue weighted by Gasteiger charge is -2.26. The van der Waals surface area contributed by atoms with Crippen LogP contribution in [0.3, 0.4) is 0 Å². The number of benzene rings is 3. The van der Waals surface area contributed by atoms with Crippen LogP contribution in [0, 0.1) is 3.57 Å². The van der Waals surface area contributed by atoms with Crippen LogP contribution in [0.1, 0.15) is 27.5 Å². The van der Waals surface area contributed by atoms with Crippen LogP contribution in [-0.4, -0.2) is 38.6 Å². The van der Waals surface area contributed by atoms with Crippen molar-refractivity contribution in [1.29, 1.82) is 0 Å². The van der Waals surface area contributed by atoms with E-state index in [1.807, 2.05) is 52.9 Å². The van der Waals surface area contributed by atoms with E-state index in [2.05, 4.69) is 0 Å². The third-order valence-corrected chi connectivity index (χ3v) is 7.19. The summed E-state index contributed by atoms with van der Waals surface area (Å²) >= 11 is 2.03. The summed E-state index contributed by atoms with van der Waals surface area (Å²) in [5, 5.41) is 21.9. The van der Waals surface area contributed by atoms with Gasteiger partial charge in [0.25, 0.3) is 11.5 Å². The predicted octanol–water partition coefficient (Wildman–Crippen LogP) is 4.36. The van der Waals surface area contributed by atoms with Gasteiger partial charge in [0.05, 0.1) is 12.1 Å². The van der Waals surface area contributed by atoms with E-state index in [1.165, 1.54) is 11.6 Å². The fourth-order valence-electron chi connectivity index (χ4n) is 4.69. The monoisotopic (exact) mass is 636 g/mol. The number of carboxylic acids is 1. The number of carbonyl (C=O) groups is 2. The van der Waals surface area contributed by atoms with E-state index in [9.17, 15) is 29.4 Å². The molecule has 0 aliphatic heterocycles. The Morgan fingerprint density at radius 3 is 2.38 bits per heavy atom. The molecule has 0 saturated carbocycles. The van der Waals surface area contributed by atoms with Crippen LogP contribution >= 0.6 is 22.6 Å². The highest BCUT2D eigenvalue weighted by Gasteiger charge is 2.34. The average Bonchev–Trinajstić information content (AvgIpc) is 2.91. The maximum absolute atomic E-state index is 13.8. The van der Waals surface area contributed by atoms with Crippen LogP contribution in [0.2, 0.25) is 0 Å². The van der Waals surface area contributed by atoms with Gasteiger partial charge < -0.3 is 24.1 Å². The first-order valence-corrected chi connectivity index (χ1v) is 12.9. The van der Waals surface area contributed by atoms with E-state index in [4.69, 9.17) is 4.42 Å². The first-order valence-electron chi connectivity index (χ1n) is 11.8. The van der Waals surface area contributed by atoms with Crippen molar-refractivity contribution in [3.8, 4) is 5.75 Å². The standard InChI is InChI=1S/C29H21IN2O7/c1-31(25(29(37)38)20-14-23(33)39-22-13-17(30)11-12-18(20)22)27(35)24-26(34)19-9-5-6-10-21(19)32(28(24)36)15-16-7-3-2-4-8-16/h2-14,25,34H,15H2,1H3,(H,37,38). The Kier molecular flexibility index (Phi) is 6.96. The smallest absolute Gasteiger partial charge is 0.336 e. The average molecular weight is 636 g/mol. The molecular formula is C29H21IN2O7. The van der Waals surface area contributed by atoms with E-state index >= 15 is 0 Å². The molecular weight excluding hydrogens is 615 g/mol. The normalized spacial score (nSPS) is 11.9. The van der Waals surface area contributed by atoms with E-state index in [0.717, 1.165) is 20.1 Å². The molecule has 1 amide bonds. The molecule has 0 fully saturated rings. The lowest BCUT2D eigenvalue weighted by molar-refractivity contribution is -0.142. The van der Waals surface area contributed by atoms with E-state index in [0.29, 0.717) is 10.9 Å². The highest BCUT2D eigenvalue weighted by atomic mass is 127. The third kappa shape index (κ3) is 4.78. The van der Waals surface area contributed by atoms with Gasteiger partial charge in [-0.3, -0.25) is 9.59 Å². The number of aromatic nitrogens is 1. The zero-order valence-electron chi connectivity index (χ0n) is 20.5. The Hall–Kier alpha value is -4.45. The van der Waals surface area contributed by atoms with Gasteiger partial charge in [0.1, 0.15) is 16.9 Å². The van der Waals surface area contributed by atoms with Gasteiger partial charge in [0.2, 0.25) is 0 Å². The molecule has 0 bridgehead atoms. The second-order valence-electron chi connectivity index (χ2n) is 8.94. The number of nitrogens with zero attached hydrogens (tertiary/aromatic N) is 2. The van der Waals surface area contributed by atoms with Crippen LogP contribution in [0.25, 0.3) is 21.9 Å². The summed E-state index contributed by atoms with van der Waals surface area (Å²) in [7, 11) is 1.21. The summed E-state index contributed by atoms with van der Waals surface area (Å²) in [6.07, 6.45) is 0. The zero-order chi connectivity index (χ0) is 27.8. The quantitative estimate of drug-likeness (QED) is 0.209. The highest BCUT2D eigenvalue weighted by Crippen LogP contribution is 2.32. The molecule has 196 valence electrons. The molecule has 0 aliphatic carbocycles. The zero-order valence-corrected chi connectivity index (χ0v) is 22.7. The van der Waals surface area contributed by atoms with E-state index in [-0.39, 0.29) is 23.1 Å². The number of hydrogen-bond donors (Lipinski definition) is 2. The van der Waals surface area contributed by atoms with Gasteiger partial charge in [0, 0.05) is 33.0 Å². The largest absolute Gasteiger partial charge is 0.506 e. The Morgan fingerprint density at radius 1 is 0.974 bits per heavy atom. The van der Waals surface area contributed by atoms with Gasteiger partial charge >= 0.3 is 11.6 Å². The highest BCUT2D eigenvalue weighted by molar-refractivity contribution is 14.1. The molecule has 0 saturated heterocycles. The number of carbonyl (C=O) groups excluding carboxylic acids is 1. The van der Waals surface area contributed by atoms with Crippen molar-refractivity contribution in [2.75, 3.05) is 7.05 Å². The Bertz CT molecular complexity index is 1880. The molecule has 39 heavy (non-hydrogen) atoms. The van der Waals surface area contributed by atoms with Crippen molar-refractivity contribution < 1.29 is 24.2 Å². The summed E-state index contributed by atoms with van der Waals surface area (Å²) < 4.78 is 7.38. The molecule has 5 aromatic rings. The predicted molar refractivity (Wildman–Crippen MR) is 153 cm³/mol. The molecule has 0 radical (unpaired) electrons. The summed E-state index contributed by atoms with van der Waals surface area (Å²) in [6.45, 7) is 0.121. The molecule has 9 nitrogen and oxygen atoms in total. The second kappa shape index (κ2) is 10.4. The number of fused-ring (bicyclic) bond motifs is 2. The van der Waals surface area contributed by atoms with Crippen molar-refractivity contribution in [3.05, 3.63) is 120 Å². The molecule has 2 N–H and O–H groups in total. The minimum Gasteiger partial charge on any atom is -0.506 e. The van der Waals surface area contributed by atoms with Gasteiger partial charge in [-0.2, -0.15) is 0 Å². The van der Waals surface area contributed by atoms with Gasteiger partial charge in [-0.15, -0.1) is 0 Å². The minimum absolute atomic E-state index is 0.0193. The number of likely N-dealkylation sites (N-methyl/N-ethyl adjacent to an activating group) is 1. The number of rotatable bonds is 6. The Morgan fingerprint density at radius 2 is 1.67 bits per heavy atom. The number of para-hydroxylation sites is 1. The number of carboxylic acid groups (broad SMARTS) is 1. The topological polar surface area (TPSA) is 130 Å². The second-order valence-corrected chi connectivity index (χ2v) is 10.2. The van der Waals surface area contributed by atoms with Gasteiger partial charge in [-0.25, -0.2) is 9.59 Å². The Balaban J connectivity index is 1.68. The maximum atomic E-state index is 13.8. The first kappa shape index (κ1) is 26.2.